The zero-order valence-corrected chi connectivity index (χ0v) is 13.5. The minimum atomic E-state index is -2.97. The van der Waals surface area contributed by atoms with Crippen molar-refractivity contribution in [3.05, 3.63) is 0 Å². The maximum absolute atomic E-state index is 11.9. The predicted molar refractivity (Wildman–Crippen MR) is 83.0 cm³/mol. The maximum atomic E-state index is 11.9. The van der Waals surface area contributed by atoms with E-state index in [9.17, 15) is 13.2 Å². The van der Waals surface area contributed by atoms with E-state index in [4.69, 9.17) is 0 Å². The lowest BCUT2D eigenvalue weighted by Crippen LogP contribution is -2.47. The Labute approximate surface area is 127 Å². The molecule has 0 aromatic heterocycles. The highest BCUT2D eigenvalue weighted by Crippen LogP contribution is 2.09. The van der Waals surface area contributed by atoms with E-state index in [-0.39, 0.29) is 29.9 Å². The fraction of sp³-hybridized carbons (Fsp3) is 0.929. The SMILES string of the molecule is O=C(CC1CS(=O)(=O)CCN1)NCCN1CCCCCC1. The number of hydrogen-bond acceptors (Lipinski definition) is 5. The van der Waals surface area contributed by atoms with E-state index in [0.29, 0.717) is 13.1 Å². The Balaban J connectivity index is 1.63. The van der Waals surface area contributed by atoms with Crippen molar-refractivity contribution in [3.8, 4) is 0 Å². The highest BCUT2D eigenvalue weighted by molar-refractivity contribution is 7.91. The Bertz CT molecular complexity index is 431. The summed E-state index contributed by atoms with van der Waals surface area (Å²) in [4.78, 5) is 14.3. The molecule has 21 heavy (non-hydrogen) atoms. The van der Waals surface area contributed by atoms with Gasteiger partial charge in [-0.1, -0.05) is 12.8 Å². The minimum Gasteiger partial charge on any atom is -0.355 e. The van der Waals surface area contributed by atoms with Gasteiger partial charge in [0.1, 0.15) is 0 Å². The molecule has 1 unspecified atom stereocenters. The second-order valence-corrected chi connectivity index (χ2v) is 8.30. The summed E-state index contributed by atoms with van der Waals surface area (Å²) in [7, 11) is -2.97. The summed E-state index contributed by atoms with van der Waals surface area (Å²) in [5.41, 5.74) is 0. The molecule has 1 atom stereocenters. The number of carbonyl (C=O) groups excluding carboxylic acids is 1. The predicted octanol–water partition coefficient (Wildman–Crippen LogP) is -0.245. The molecule has 0 radical (unpaired) electrons. The molecule has 0 bridgehead atoms. The van der Waals surface area contributed by atoms with Crippen molar-refractivity contribution >= 4 is 15.7 Å². The van der Waals surface area contributed by atoms with Crippen LogP contribution in [-0.2, 0) is 14.6 Å². The summed E-state index contributed by atoms with van der Waals surface area (Å²) in [6.45, 7) is 4.24. The van der Waals surface area contributed by atoms with Crippen molar-refractivity contribution in [2.45, 2.75) is 38.1 Å². The molecule has 2 fully saturated rings. The summed E-state index contributed by atoms with van der Waals surface area (Å²) in [6, 6.07) is -0.234. The van der Waals surface area contributed by atoms with Crippen molar-refractivity contribution in [3.63, 3.8) is 0 Å². The summed E-state index contributed by atoms with van der Waals surface area (Å²) in [6.07, 6.45) is 5.37. The lowest BCUT2D eigenvalue weighted by atomic mass is 10.2. The number of likely N-dealkylation sites (tertiary alicyclic amines) is 1. The second-order valence-electron chi connectivity index (χ2n) is 6.08. The number of hydrogen-bond donors (Lipinski definition) is 2. The molecule has 2 saturated heterocycles. The Kier molecular flexibility index (Phi) is 6.44. The minimum absolute atomic E-state index is 0.0561. The van der Waals surface area contributed by atoms with Crippen LogP contribution in [0, 0.1) is 0 Å². The zero-order valence-electron chi connectivity index (χ0n) is 12.6. The molecule has 0 spiro atoms. The van der Waals surface area contributed by atoms with Crippen molar-refractivity contribution in [2.75, 3.05) is 44.2 Å². The van der Waals surface area contributed by atoms with Gasteiger partial charge in [0.15, 0.2) is 9.84 Å². The Morgan fingerprint density at radius 1 is 1.19 bits per heavy atom. The van der Waals surface area contributed by atoms with Gasteiger partial charge in [0.05, 0.1) is 11.5 Å². The monoisotopic (exact) mass is 317 g/mol. The molecule has 6 nitrogen and oxygen atoms in total. The van der Waals surface area contributed by atoms with E-state index in [2.05, 4.69) is 15.5 Å². The van der Waals surface area contributed by atoms with Crippen molar-refractivity contribution in [1.29, 1.82) is 0 Å². The van der Waals surface area contributed by atoms with E-state index in [1.165, 1.54) is 25.7 Å². The van der Waals surface area contributed by atoms with Gasteiger partial charge in [0.2, 0.25) is 5.91 Å². The molecule has 0 saturated carbocycles. The van der Waals surface area contributed by atoms with Crippen LogP contribution in [0.25, 0.3) is 0 Å². The van der Waals surface area contributed by atoms with Gasteiger partial charge in [-0.05, 0) is 25.9 Å². The van der Waals surface area contributed by atoms with E-state index in [1.807, 2.05) is 0 Å². The lowest BCUT2D eigenvalue weighted by molar-refractivity contribution is -0.121. The van der Waals surface area contributed by atoms with Gasteiger partial charge in [0.25, 0.3) is 0 Å². The third kappa shape index (κ3) is 6.32. The molecule has 2 N–H and O–H groups in total. The van der Waals surface area contributed by atoms with Crippen LogP contribution in [0.4, 0.5) is 0 Å². The smallest absolute Gasteiger partial charge is 0.221 e. The summed E-state index contributed by atoms with van der Waals surface area (Å²) >= 11 is 0. The number of sulfone groups is 1. The summed E-state index contributed by atoms with van der Waals surface area (Å²) in [5, 5.41) is 6.01. The third-order valence-electron chi connectivity index (χ3n) is 4.18. The molecule has 2 rings (SSSR count). The second kappa shape index (κ2) is 8.10. The zero-order chi connectivity index (χ0) is 15.1. The molecular formula is C14H27N3O3S. The van der Waals surface area contributed by atoms with Crippen molar-refractivity contribution < 1.29 is 13.2 Å². The van der Waals surface area contributed by atoms with Gasteiger partial charge in [-0.25, -0.2) is 8.42 Å². The Morgan fingerprint density at radius 2 is 1.90 bits per heavy atom. The highest BCUT2D eigenvalue weighted by atomic mass is 32.2. The molecule has 7 heteroatoms. The molecule has 1 amide bonds. The van der Waals surface area contributed by atoms with Crippen molar-refractivity contribution in [1.82, 2.24) is 15.5 Å². The third-order valence-corrected chi connectivity index (χ3v) is 5.92. The normalized spacial score (nSPS) is 27.0. The van der Waals surface area contributed by atoms with Gasteiger partial charge in [0, 0.05) is 32.1 Å². The first-order chi connectivity index (χ1) is 10.1. The van der Waals surface area contributed by atoms with E-state index in [1.54, 1.807) is 0 Å². The molecule has 0 aliphatic carbocycles. The van der Waals surface area contributed by atoms with Crippen LogP contribution < -0.4 is 10.6 Å². The van der Waals surface area contributed by atoms with Crippen LogP contribution in [0.5, 0.6) is 0 Å². The number of rotatable bonds is 5. The maximum Gasteiger partial charge on any atom is 0.221 e. The first-order valence-electron chi connectivity index (χ1n) is 7.98. The first-order valence-corrected chi connectivity index (χ1v) is 9.80. The van der Waals surface area contributed by atoms with Crippen LogP contribution in [0.3, 0.4) is 0 Å². The molecule has 2 heterocycles. The van der Waals surface area contributed by atoms with Gasteiger partial charge in [-0.15, -0.1) is 0 Å². The van der Waals surface area contributed by atoms with Crippen molar-refractivity contribution in [2.24, 2.45) is 0 Å². The molecule has 2 aliphatic rings. The summed E-state index contributed by atoms with van der Waals surface area (Å²) < 4.78 is 23.0. The van der Waals surface area contributed by atoms with Crippen LogP contribution >= 0.6 is 0 Å². The van der Waals surface area contributed by atoms with E-state index in [0.717, 1.165) is 19.6 Å². The van der Waals surface area contributed by atoms with E-state index < -0.39 is 9.84 Å². The first kappa shape index (κ1) is 16.7. The quantitative estimate of drug-likeness (QED) is 0.731. The largest absolute Gasteiger partial charge is 0.355 e. The van der Waals surface area contributed by atoms with Crippen LogP contribution in [0.2, 0.25) is 0 Å². The number of nitrogens with zero attached hydrogens (tertiary/aromatic N) is 1. The van der Waals surface area contributed by atoms with E-state index >= 15 is 0 Å². The molecule has 0 aromatic rings. The Morgan fingerprint density at radius 3 is 2.57 bits per heavy atom. The number of amides is 1. The average Bonchev–Trinajstić information content (AvgIpc) is 2.66. The molecule has 2 aliphatic heterocycles. The van der Waals surface area contributed by atoms with Crippen LogP contribution in [0.1, 0.15) is 32.1 Å². The Hall–Kier alpha value is -0.660. The number of carbonyl (C=O) groups is 1. The van der Waals surface area contributed by atoms with Gasteiger partial charge in [-0.3, -0.25) is 4.79 Å². The standard InChI is InChI=1S/C14H27N3O3S/c18-14(11-13-12-21(19,20)10-6-15-13)16-5-9-17-7-3-1-2-4-8-17/h13,15H,1-12H2,(H,16,18). The molecule has 122 valence electrons. The topological polar surface area (TPSA) is 78.5 Å². The fourth-order valence-electron chi connectivity index (χ4n) is 3.01. The van der Waals surface area contributed by atoms with Crippen LogP contribution in [-0.4, -0.2) is 69.5 Å². The van der Waals surface area contributed by atoms with Crippen LogP contribution in [0.15, 0.2) is 0 Å². The van der Waals surface area contributed by atoms with Gasteiger partial charge < -0.3 is 15.5 Å². The summed E-state index contributed by atoms with van der Waals surface area (Å²) in [5.74, 6) is 0.200. The molecule has 0 aromatic carbocycles. The molecular weight excluding hydrogens is 290 g/mol. The highest BCUT2D eigenvalue weighted by Gasteiger charge is 2.25. The van der Waals surface area contributed by atoms with Gasteiger partial charge in [-0.2, -0.15) is 0 Å². The van der Waals surface area contributed by atoms with Gasteiger partial charge >= 0.3 is 0 Å². The fourth-order valence-corrected chi connectivity index (χ4v) is 4.45. The average molecular weight is 317 g/mol. The lowest BCUT2D eigenvalue weighted by Gasteiger charge is -2.23. The number of nitrogens with one attached hydrogen (secondary N) is 2.